The first-order chi connectivity index (χ1) is 13.9. The van der Waals surface area contributed by atoms with Crippen molar-refractivity contribution in [2.45, 2.75) is 12.3 Å². The molecule has 0 radical (unpaired) electrons. The Labute approximate surface area is 164 Å². The summed E-state index contributed by atoms with van der Waals surface area (Å²) in [5.41, 5.74) is 6.62. The predicted molar refractivity (Wildman–Crippen MR) is 99.7 cm³/mol. The standard InChI is InChI=1S/C20H16F2N4O3/c21-12-3-6-17(16(22)7-12)26-20-15(9-24-26)14(8-19(28)25-20)11-1-4-13(5-2-11)29-10-18(23)27/h1-7,9,14H,8,10H2,(H2,23,27)(H,25,28). The van der Waals surface area contributed by atoms with Gasteiger partial charge < -0.3 is 15.8 Å². The molecule has 4 rings (SSSR count). The highest BCUT2D eigenvalue weighted by Crippen LogP contribution is 2.38. The summed E-state index contributed by atoms with van der Waals surface area (Å²) in [4.78, 5) is 23.1. The number of nitrogens with two attached hydrogens (primary N) is 1. The lowest BCUT2D eigenvalue weighted by atomic mass is 9.87. The molecular weight excluding hydrogens is 382 g/mol. The number of nitrogens with zero attached hydrogens (tertiary/aromatic N) is 2. The molecule has 0 saturated carbocycles. The van der Waals surface area contributed by atoms with Crippen molar-refractivity contribution >= 4 is 17.6 Å². The van der Waals surface area contributed by atoms with Crippen LogP contribution in [0.1, 0.15) is 23.5 Å². The molecule has 0 saturated heterocycles. The largest absolute Gasteiger partial charge is 0.484 e. The molecule has 1 unspecified atom stereocenters. The van der Waals surface area contributed by atoms with Crippen LogP contribution in [0.25, 0.3) is 5.69 Å². The van der Waals surface area contributed by atoms with Crippen LogP contribution in [0.2, 0.25) is 0 Å². The summed E-state index contributed by atoms with van der Waals surface area (Å²) >= 11 is 0. The predicted octanol–water partition coefficient (Wildman–Crippen LogP) is 2.49. The number of anilines is 1. The first kappa shape index (κ1) is 18.6. The highest BCUT2D eigenvalue weighted by molar-refractivity contribution is 5.94. The van der Waals surface area contributed by atoms with Crippen LogP contribution in [0.4, 0.5) is 14.6 Å². The van der Waals surface area contributed by atoms with Crippen molar-refractivity contribution in [2.24, 2.45) is 5.73 Å². The van der Waals surface area contributed by atoms with Crippen LogP contribution in [-0.4, -0.2) is 28.2 Å². The molecule has 9 heteroatoms. The Bertz CT molecular complexity index is 1100. The summed E-state index contributed by atoms with van der Waals surface area (Å²) in [6, 6.07) is 10.1. The van der Waals surface area contributed by atoms with Crippen molar-refractivity contribution in [2.75, 3.05) is 11.9 Å². The quantitative estimate of drug-likeness (QED) is 0.690. The number of hydrogen-bond acceptors (Lipinski definition) is 4. The van der Waals surface area contributed by atoms with Gasteiger partial charge in [0.25, 0.3) is 5.91 Å². The Hall–Kier alpha value is -3.75. The first-order valence-electron chi connectivity index (χ1n) is 8.76. The van der Waals surface area contributed by atoms with Gasteiger partial charge in [-0.25, -0.2) is 13.5 Å². The van der Waals surface area contributed by atoms with Crippen LogP contribution in [-0.2, 0) is 9.59 Å². The maximum absolute atomic E-state index is 14.2. The van der Waals surface area contributed by atoms with Crippen molar-refractivity contribution in [1.82, 2.24) is 9.78 Å². The Morgan fingerprint density at radius 3 is 2.69 bits per heavy atom. The van der Waals surface area contributed by atoms with E-state index in [0.717, 1.165) is 17.7 Å². The van der Waals surface area contributed by atoms with Crippen LogP contribution >= 0.6 is 0 Å². The summed E-state index contributed by atoms with van der Waals surface area (Å²) in [6.07, 6.45) is 1.74. The molecule has 1 aliphatic heterocycles. The molecule has 7 nitrogen and oxygen atoms in total. The number of carbonyl (C=O) groups is 2. The number of primary amides is 1. The van der Waals surface area contributed by atoms with E-state index in [1.54, 1.807) is 30.5 Å². The summed E-state index contributed by atoms with van der Waals surface area (Å²) < 4.78 is 33.9. The lowest BCUT2D eigenvalue weighted by molar-refractivity contribution is -0.120. The van der Waals surface area contributed by atoms with Gasteiger partial charge in [-0.05, 0) is 29.8 Å². The van der Waals surface area contributed by atoms with Crippen LogP contribution < -0.4 is 15.8 Å². The van der Waals surface area contributed by atoms with Crippen LogP contribution in [0.15, 0.2) is 48.7 Å². The Kier molecular flexibility index (Phi) is 4.71. The molecule has 3 N–H and O–H groups in total. The topological polar surface area (TPSA) is 99.2 Å². The third kappa shape index (κ3) is 3.66. The second kappa shape index (κ2) is 7.34. The molecule has 2 heterocycles. The summed E-state index contributed by atoms with van der Waals surface area (Å²) in [6.45, 7) is -0.231. The van der Waals surface area contributed by atoms with E-state index in [1.165, 1.54) is 10.7 Å². The minimum Gasteiger partial charge on any atom is -0.484 e. The molecule has 0 spiro atoms. The zero-order valence-electron chi connectivity index (χ0n) is 15.1. The number of halogens is 2. The minimum absolute atomic E-state index is 0.0313. The van der Waals surface area contributed by atoms with Gasteiger partial charge in [0, 0.05) is 24.0 Å². The van der Waals surface area contributed by atoms with Crippen molar-refractivity contribution in [3.8, 4) is 11.4 Å². The van der Waals surface area contributed by atoms with Crippen LogP contribution in [0.3, 0.4) is 0 Å². The van der Waals surface area contributed by atoms with Gasteiger partial charge >= 0.3 is 0 Å². The van der Waals surface area contributed by atoms with Gasteiger partial charge in [-0.1, -0.05) is 12.1 Å². The molecule has 1 atom stereocenters. The zero-order chi connectivity index (χ0) is 20.5. The number of benzene rings is 2. The fourth-order valence-electron chi connectivity index (χ4n) is 3.30. The Balaban J connectivity index is 1.68. The Morgan fingerprint density at radius 2 is 2.00 bits per heavy atom. The smallest absolute Gasteiger partial charge is 0.255 e. The van der Waals surface area contributed by atoms with E-state index < -0.39 is 17.5 Å². The summed E-state index contributed by atoms with van der Waals surface area (Å²) in [5.74, 6) is -1.82. The van der Waals surface area contributed by atoms with Crippen LogP contribution in [0, 0.1) is 11.6 Å². The molecule has 0 fully saturated rings. The molecule has 1 aromatic heterocycles. The van der Waals surface area contributed by atoms with Crippen molar-refractivity contribution in [3.63, 3.8) is 0 Å². The first-order valence-corrected chi connectivity index (χ1v) is 8.76. The summed E-state index contributed by atoms with van der Waals surface area (Å²) in [7, 11) is 0. The molecule has 1 aliphatic rings. The second-order valence-corrected chi connectivity index (χ2v) is 6.58. The second-order valence-electron chi connectivity index (χ2n) is 6.58. The number of amides is 2. The lowest BCUT2D eigenvalue weighted by Gasteiger charge is -2.24. The monoisotopic (exact) mass is 398 g/mol. The number of nitrogens with one attached hydrogen (secondary N) is 1. The molecule has 0 aliphatic carbocycles. The van der Waals surface area contributed by atoms with Gasteiger partial charge in [0.2, 0.25) is 5.91 Å². The Morgan fingerprint density at radius 1 is 1.24 bits per heavy atom. The molecule has 0 bridgehead atoms. The highest BCUT2D eigenvalue weighted by Gasteiger charge is 2.31. The number of rotatable bonds is 5. The molecule has 2 amide bonds. The van der Waals surface area contributed by atoms with E-state index in [2.05, 4.69) is 10.4 Å². The zero-order valence-corrected chi connectivity index (χ0v) is 15.1. The maximum atomic E-state index is 14.2. The molecule has 148 valence electrons. The third-order valence-corrected chi connectivity index (χ3v) is 4.62. The average molecular weight is 398 g/mol. The number of ether oxygens (including phenoxy) is 1. The minimum atomic E-state index is -0.789. The number of aromatic nitrogens is 2. The highest BCUT2D eigenvalue weighted by atomic mass is 19.1. The van der Waals surface area contributed by atoms with E-state index >= 15 is 0 Å². The lowest BCUT2D eigenvalue weighted by Crippen LogP contribution is -2.24. The van der Waals surface area contributed by atoms with E-state index in [9.17, 15) is 18.4 Å². The fourth-order valence-corrected chi connectivity index (χ4v) is 3.30. The van der Waals surface area contributed by atoms with Gasteiger partial charge in [-0.15, -0.1) is 0 Å². The van der Waals surface area contributed by atoms with Crippen molar-refractivity contribution in [1.29, 1.82) is 0 Å². The normalized spacial score (nSPS) is 15.5. The molecule has 29 heavy (non-hydrogen) atoms. The maximum Gasteiger partial charge on any atom is 0.255 e. The van der Waals surface area contributed by atoms with Crippen LogP contribution in [0.5, 0.6) is 5.75 Å². The van der Waals surface area contributed by atoms with Gasteiger partial charge in [-0.3, -0.25) is 9.59 Å². The fraction of sp³-hybridized carbons (Fsp3) is 0.150. The molecule has 2 aromatic carbocycles. The van der Waals surface area contributed by atoms with Crippen molar-refractivity contribution in [3.05, 3.63) is 71.4 Å². The molecule has 3 aromatic rings. The molecular formula is C20H16F2N4O3. The number of carbonyl (C=O) groups excluding carboxylic acids is 2. The van der Waals surface area contributed by atoms with Gasteiger partial charge in [0.05, 0.1) is 6.20 Å². The average Bonchev–Trinajstić information content (AvgIpc) is 3.09. The van der Waals surface area contributed by atoms with Gasteiger partial charge in [0.15, 0.2) is 12.4 Å². The SMILES string of the molecule is NC(=O)COc1ccc(C2CC(=O)Nc3c2cnn3-c2ccc(F)cc2F)cc1. The van der Waals surface area contributed by atoms with Crippen molar-refractivity contribution < 1.29 is 23.1 Å². The number of hydrogen-bond donors (Lipinski definition) is 2. The van der Waals surface area contributed by atoms with E-state index in [-0.39, 0.29) is 30.5 Å². The van der Waals surface area contributed by atoms with E-state index in [0.29, 0.717) is 17.1 Å². The summed E-state index contributed by atoms with van der Waals surface area (Å²) in [5, 5.41) is 6.92. The van der Waals surface area contributed by atoms with Gasteiger partial charge in [-0.2, -0.15) is 5.10 Å². The van der Waals surface area contributed by atoms with E-state index in [4.69, 9.17) is 10.5 Å². The van der Waals surface area contributed by atoms with Gasteiger partial charge in [0.1, 0.15) is 23.1 Å². The number of fused-ring (bicyclic) bond motifs is 1. The third-order valence-electron chi connectivity index (χ3n) is 4.62. The van der Waals surface area contributed by atoms with E-state index in [1.807, 2.05) is 0 Å².